The van der Waals surface area contributed by atoms with Crippen molar-refractivity contribution in [1.29, 1.82) is 0 Å². The van der Waals surface area contributed by atoms with Gasteiger partial charge in [0.2, 0.25) is 0 Å². The van der Waals surface area contributed by atoms with E-state index in [1.165, 1.54) is 82.0 Å². The lowest BCUT2D eigenvalue weighted by Crippen LogP contribution is -1.94. The number of benzene rings is 7. The lowest BCUT2D eigenvalue weighted by atomic mass is 9.93. The Morgan fingerprint density at radius 2 is 1.12 bits per heavy atom. The van der Waals surface area contributed by atoms with Crippen molar-refractivity contribution in [2.24, 2.45) is 0 Å². The van der Waals surface area contributed by atoms with Crippen molar-refractivity contribution < 1.29 is 0 Å². The Balaban J connectivity index is 1.42. The minimum Gasteiger partial charge on any atom is -0.354 e. The molecule has 0 aliphatic heterocycles. The number of fused-ring (bicyclic) bond motifs is 10. The highest BCUT2D eigenvalue weighted by Crippen LogP contribution is 2.42. The van der Waals surface area contributed by atoms with Crippen LogP contribution in [0.2, 0.25) is 0 Å². The third-order valence-electron chi connectivity index (χ3n) is 8.49. The molecule has 2 heteroatoms. The average Bonchev–Trinajstić information content (AvgIpc) is 3.56. The van der Waals surface area contributed by atoms with Crippen LogP contribution in [0.3, 0.4) is 0 Å². The zero-order chi connectivity index (χ0) is 26.2. The van der Waals surface area contributed by atoms with Gasteiger partial charge in [0.05, 0.1) is 11.0 Å². The van der Waals surface area contributed by atoms with E-state index in [1.54, 1.807) is 0 Å². The molecule has 2 aromatic heterocycles. The van der Waals surface area contributed by atoms with Crippen LogP contribution in [0.15, 0.2) is 140 Å². The predicted molar refractivity (Wildman–Crippen MR) is 171 cm³/mol. The van der Waals surface area contributed by atoms with Gasteiger partial charge in [-0.15, -0.1) is 0 Å². The van der Waals surface area contributed by atoms with Crippen LogP contribution in [0.1, 0.15) is 0 Å². The summed E-state index contributed by atoms with van der Waals surface area (Å²) < 4.78 is 2.42. The van der Waals surface area contributed by atoms with Crippen LogP contribution < -0.4 is 0 Å². The topological polar surface area (TPSA) is 20.7 Å². The monoisotopic (exact) mass is 508 g/mol. The zero-order valence-corrected chi connectivity index (χ0v) is 21.7. The van der Waals surface area contributed by atoms with E-state index in [0.717, 1.165) is 0 Å². The molecule has 0 amide bonds. The second-order valence-corrected chi connectivity index (χ2v) is 10.6. The molecule has 9 aromatic rings. The Kier molecular flexibility index (Phi) is 4.36. The first-order valence-corrected chi connectivity index (χ1v) is 13.8. The summed E-state index contributed by atoms with van der Waals surface area (Å²) in [6.07, 6.45) is 0. The standard InChI is InChI=1S/C38H24N2/c1-2-11-26(12-3-1)40-35-17-9-8-16-30(35)38-29-15-7-6-14-28(29)31(23-36(38)40)25-19-20-33-32(22-25)37-27-13-5-4-10-24(27)18-21-34(37)39-33/h1-23,39H. The summed E-state index contributed by atoms with van der Waals surface area (Å²) in [4.78, 5) is 3.66. The molecular formula is C38H24N2. The van der Waals surface area contributed by atoms with E-state index in [2.05, 4.69) is 149 Å². The molecule has 9 rings (SSSR count). The number of hydrogen-bond donors (Lipinski definition) is 1. The van der Waals surface area contributed by atoms with Gasteiger partial charge in [0.15, 0.2) is 0 Å². The Morgan fingerprint density at radius 1 is 0.425 bits per heavy atom. The number of nitrogens with zero attached hydrogens (tertiary/aromatic N) is 1. The van der Waals surface area contributed by atoms with Crippen molar-refractivity contribution in [3.63, 3.8) is 0 Å². The molecule has 40 heavy (non-hydrogen) atoms. The van der Waals surface area contributed by atoms with Gasteiger partial charge in [-0.2, -0.15) is 0 Å². The van der Waals surface area contributed by atoms with Gasteiger partial charge in [-0.25, -0.2) is 0 Å². The molecule has 7 aromatic carbocycles. The van der Waals surface area contributed by atoms with Crippen LogP contribution in [-0.2, 0) is 0 Å². The molecule has 0 bridgehead atoms. The van der Waals surface area contributed by atoms with Gasteiger partial charge in [0.25, 0.3) is 0 Å². The van der Waals surface area contributed by atoms with Crippen molar-refractivity contribution in [3.8, 4) is 16.8 Å². The van der Waals surface area contributed by atoms with Crippen LogP contribution in [0.4, 0.5) is 0 Å². The number of nitrogens with one attached hydrogen (secondary N) is 1. The highest BCUT2D eigenvalue weighted by molar-refractivity contribution is 6.25. The van der Waals surface area contributed by atoms with Crippen molar-refractivity contribution >= 4 is 65.2 Å². The van der Waals surface area contributed by atoms with Gasteiger partial charge in [-0.3, -0.25) is 0 Å². The molecule has 0 atom stereocenters. The maximum atomic E-state index is 3.66. The Hall–Kier alpha value is -5.34. The predicted octanol–water partition coefficient (Wildman–Crippen LogP) is 10.4. The summed E-state index contributed by atoms with van der Waals surface area (Å²) in [7, 11) is 0. The summed E-state index contributed by atoms with van der Waals surface area (Å²) in [6.45, 7) is 0. The van der Waals surface area contributed by atoms with E-state index in [0.29, 0.717) is 0 Å². The first-order chi connectivity index (χ1) is 19.8. The summed E-state index contributed by atoms with van der Waals surface area (Å²) in [5.41, 5.74) is 8.45. The summed E-state index contributed by atoms with van der Waals surface area (Å²) >= 11 is 0. The average molecular weight is 509 g/mol. The number of aromatic nitrogens is 2. The van der Waals surface area contributed by atoms with E-state index < -0.39 is 0 Å². The fraction of sp³-hybridized carbons (Fsp3) is 0. The van der Waals surface area contributed by atoms with E-state index in [4.69, 9.17) is 0 Å². The second kappa shape index (κ2) is 8.08. The zero-order valence-electron chi connectivity index (χ0n) is 21.7. The highest BCUT2D eigenvalue weighted by Gasteiger charge is 2.18. The van der Waals surface area contributed by atoms with Crippen molar-refractivity contribution in [3.05, 3.63) is 140 Å². The Morgan fingerprint density at radius 3 is 2.00 bits per heavy atom. The van der Waals surface area contributed by atoms with Gasteiger partial charge in [0, 0.05) is 38.3 Å². The minimum absolute atomic E-state index is 1.17. The van der Waals surface area contributed by atoms with E-state index >= 15 is 0 Å². The number of hydrogen-bond acceptors (Lipinski definition) is 0. The van der Waals surface area contributed by atoms with Crippen molar-refractivity contribution in [2.75, 3.05) is 0 Å². The van der Waals surface area contributed by atoms with Crippen molar-refractivity contribution in [2.45, 2.75) is 0 Å². The molecule has 2 nitrogen and oxygen atoms in total. The van der Waals surface area contributed by atoms with E-state index in [9.17, 15) is 0 Å². The molecule has 0 aliphatic carbocycles. The maximum Gasteiger partial charge on any atom is 0.0553 e. The van der Waals surface area contributed by atoms with Crippen LogP contribution in [0.25, 0.3) is 82.0 Å². The van der Waals surface area contributed by atoms with Crippen molar-refractivity contribution in [1.82, 2.24) is 9.55 Å². The SMILES string of the molecule is c1ccc(-n2c3ccccc3c3c4ccccc4c(-c4ccc5[nH]c6ccc7ccccc7c6c5c4)cc32)cc1. The molecular weight excluding hydrogens is 484 g/mol. The third kappa shape index (κ3) is 2.93. The van der Waals surface area contributed by atoms with Gasteiger partial charge in [0.1, 0.15) is 0 Å². The summed E-state index contributed by atoms with van der Waals surface area (Å²) in [5, 5.41) is 10.2. The molecule has 186 valence electrons. The number of rotatable bonds is 2. The molecule has 0 fully saturated rings. The van der Waals surface area contributed by atoms with Gasteiger partial charge >= 0.3 is 0 Å². The number of para-hydroxylation sites is 2. The smallest absolute Gasteiger partial charge is 0.0553 e. The third-order valence-corrected chi connectivity index (χ3v) is 8.49. The van der Waals surface area contributed by atoms with Crippen LogP contribution >= 0.6 is 0 Å². The quantitative estimate of drug-likeness (QED) is 0.240. The fourth-order valence-electron chi connectivity index (χ4n) is 6.76. The van der Waals surface area contributed by atoms with Gasteiger partial charge < -0.3 is 9.55 Å². The fourth-order valence-corrected chi connectivity index (χ4v) is 6.76. The highest BCUT2D eigenvalue weighted by atomic mass is 15.0. The molecule has 0 saturated carbocycles. The minimum atomic E-state index is 1.17. The molecule has 0 unspecified atom stereocenters. The summed E-state index contributed by atoms with van der Waals surface area (Å²) in [6, 6.07) is 50.7. The summed E-state index contributed by atoms with van der Waals surface area (Å²) in [5.74, 6) is 0. The molecule has 0 radical (unpaired) electrons. The molecule has 0 aliphatic rings. The lowest BCUT2D eigenvalue weighted by Gasteiger charge is -2.12. The lowest BCUT2D eigenvalue weighted by molar-refractivity contribution is 1.18. The molecule has 0 spiro atoms. The Bertz CT molecular complexity index is 2420. The second-order valence-electron chi connectivity index (χ2n) is 10.6. The first kappa shape index (κ1) is 21.6. The largest absolute Gasteiger partial charge is 0.354 e. The van der Waals surface area contributed by atoms with Crippen LogP contribution in [0.5, 0.6) is 0 Å². The van der Waals surface area contributed by atoms with E-state index in [1.807, 2.05) is 0 Å². The van der Waals surface area contributed by atoms with Crippen LogP contribution in [0, 0.1) is 0 Å². The number of aromatic amines is 1. The normalized spacial score (nSPS) is 12.0. The molecule has 1 N–H and O–H groups in total. The first-order valence-electron chi connectivity index (χ1n) is 13.8. The van der Waals surface area contributed by atoms with Gasteiger partial charge in [-0.05, 0) is 75.1 Å². The molecule has 2 heterocycles. The molecule has 0 saturated heterocycles. The van der Waals surface area contributed by atoms with E-state index in [-0.39, 0.29) is 0 Å². The maximum absolute atomic E-state index is 3.66. The van der Waals surface area contributed by atoms with Crippen LogP contribution in [-0.4, -0.2) is 9.55 Å². The Labute approximate surface area is 230 Å². The van der Waals surface area contributed by atoms with Gasteiger partial charge in [-0.1, -0.05) is 97.1 Å². The number of H-pyrrole nitrogens is 1.